The monoisotopic (exact) mass is 468 g/mol. The fourth-order valence-electron chi connectivity index (χ4n) is 4.10. The van der Waals surface area contributed by atoms with Gasteiger partial charge in [0.15, 0.2) is 0 Å². The minimum absolute atomic E-state index is 0.146. The van der Waals surface area contributed by atoms with Crippen molar-refractivity contribution in [1.29, 1.82) is 0 Å². The molecule has 0 atom stereocenters. The molecule has 2 fully saturated rings. The molecule has 0 aliphatic carbocycles. The zero-order valence-electron chi connectivity index (χ0n) is 19.5. The van der Waals surface area contributed by atoms with Crippen LogP contribution in [0.5, 0.6) is 5.75 Å². The SMILES string of the molecule is CCOc1ccccc1C(=O)NCC(=O)Nc1ccc(N2CCOCC2)cc1N1CCOCC1. The van der Waals surface area contributed by atoms with Crippen LogP contribution in [-0.4, -0.2) is 77.6 Å². The third kappa shape index (κ3) is 5.98. The number of nitrogens with zero attached hydrogens (tertiary/aromatic N) is 2. The molecule has 2 N–H and O–H groups in total. The number of anilines is 3. The third-order valence-corrected chi connectivity index (χ3v) is 5.82. The Labute approximate surface area is 200 Å². The van der Waals surface area contributed by atoms with Gasteiger partial charge in [-0.3, -0.25) is 9.59 Å². The van der Waals surface area contributed by atoms with E-state index >= 15 is 0 Å². The summed E-state index contributed by atoms with van der Waals surface area (Å²) >= 11 is 0. The number of morpholine rings is 2. The summed E-state index contributed by atoms with van der Waals surface area (Å²) in [6.07, 6.45) is 0. The second-order valence-electron chi connectivity index (χ2n) is 8.06. The summed E-state index contributed by atoms with van der Waals surface area (Å²) in [6, 6.07) is 13.1. The fourth-order valence-corrected chi connectivity index (χ4v) is 4.10. The molecule has 9 nitrogen and oxygen atoms in total. The van der Waals surface area contributed by atoms with E-state index < -0.39 is 0 Å². The lowest BCUT2D eigenvalue weighted by molar-refractivity contribution is -0.115. The van der Waals surface area contributed by atoms with Crippen LogP contribution in [0.25, 0.3) is 0 Å². The van der Waals surface area contributed by atoms with Crippen molar-refractivity contribution in [3.8, 4) is 5.75 Å². The molecule has 0 unspecified atom stereocenters. The maximum atomic E-state index is 12.8. The smallest absolute Gasteiger partial charge is 0.255 e. The molecule has 2 heterocycles. The zero-order valence-corrected chi connectivity index (χ0v) is 19.5. The van der Waals surface area contributed by atoms with E-state index in [1.54, 1.807) is 18.2 Å². The summed E-state index contributed by atoms with van der Waals surface area (Å²) in [5.74, 6) is -0.151. The number of hydrogen-bond donors (Lipinski definition) is 2. The van der Waals surface area contributed by atoms with E-state index in [1.165, 1.54) is 0 Å². The van der Waals surface area contributed by atoms with Crippen LogP contribution in [0.2, 0.25) is 0 Å². The Morgan fingerprint density at radius 1 is 0.941 bits per heavy atom. The second kappa shape index (κ2) is 11.7. The average Bonchev–Trinajstić information content (AvgIpc) is 2.89. The maximum Gasteiger partial charge on any atom is 0.255 e. The van der Waals surface area contributed by atoms with Crippen LogP contribution in [0.3, 0.4) is 0 Å². The normalized spacial score (nSPS) is 16.1. The molecule has 0 saturated carbocycles. The molecule has 0 aromatic heterocycles. The van der Waals surface area contributed by atoms with Gasteiger partial charge in [-0.2, -0.15) is 0 Å². The van der Waals surface area contributed by atoms with Crippen molar-refractivity contribution in [2.24, 2.45) is 0 Å². The molecule has 4 rings (SSSR count). The number of amides is 2. The minimum Gasteiger partial charge on any atom is -0.493 e. The molecule has 2 amide bonds. The van der Waals surface area contributed by atoms with Gasteiger partial charge in [-0.15, -0.1) is 0 Å². The lowest BCUT2D eigenvalue weighted by atomic mass is 10.1. The summed E-state index contributed by atoms with van der Waals surface area (Å²) in [7, 11) is 0. The van der Waals surface area contributed by atoms with Crippen molar-refractivity contribution in [1.82, 2.24) is 5.32 Å². The maximum absolute atomic E-state index is 12.8. The van der Waals surface area contributed by atoms with Crippen molar-refractivity contribution >= 4 is 28.9 Å². The number of carbonyl (C=O) groups excluding carboxylic acids is 2. The first-order valence-electron chi connectivity index (χ1n) is 11.7. The molecule has 0 radical (unpaired) electrons. The molecule has 9 heteroatoms. The topological polar surface area (TPSA) is 92.4 Å². The van der Waals surface area contributed by atoms with Gasteiger partial charge in [-0.05, 0) is 37.3 Å². The average molecular weight is 469 g/mol. The Balaban J connectivity index is 1.44. The summed E-state index contributed by atoms with van der Waals surface area (Å²) < 4.78 is 16.5. The number of nitrogens with one attached hydrogen (secondary N) is 2. The van der Waals surface area contributed by atoms with Gasteiger partial charge in [0, 0.05) is 31.9 Å². The van der Waals surface area contributed by atoms with Gasteiger partial charge < -0.3 is 34.6 Å². The minimum atomic E-state index is -0.352. The first kappa shape index (κ1) is 23.8. The van der Waals surface area contributed by atoms with E-state index in [-0.39, 0.29) is 18.4 Å². The van der Waals surface area contributed by atoms with Crippen LogP contribution in [0, 0.1) is 0 Å². The summed E-state index contributed by atoms with van der Waals surface area (Å²) in [5.41, 5.74) is 3.17. The first-order valence-corrected chi connectivity index (χ1v) is 11.7. The van der Waals surface area contributed by atoms with Crippen molar-refractivity contribution < 1.29 is 23.8 Å². The summed E-state index contributed by atoms with van der Waals surface area (Å²) in [6.45, 7) is 8.04. The Kier molecular flexibility index (Phi) is 8.21. The lowest BCUT2D eigenvalue weighted by Crippen LogP contribution is -2.38. The van der Waals surface area contributed by atoms with Crippen LogP contribution >= 0.6 is 0 Å². The number of para-hydroxylation sites is 1. The van der Waals surface area contributed by atoms with Gasteiger partial charge in [0.2, 0.25) is 5.91 Å². The highest BCUT2D eigenvalue weighted by Gasteiger charge is 2.20. The third-order valence-electron chi connectivity index (χ3n) is 5.82. The van der Waals surface area contributed by atoms with Crippen molar-refractivity contribution in [2.75, 3.05) is 80.9 Å². The predicted molar refractivity (Wildman–Crippen MR) is 131 cm³/mol. The standard InChI is InChI=1S/C25H32N4O5/c1-2-34-23-6-4-3-5-20(23)25(31)26-18-24(30)27-21-8-7-19(28-9-13-32-14-10-28)17-22(21)29-11-15-33-16-12-29/h3-8,17H,2,9-16,18H2,1H3,(H,26,31)(H,27,30). The van der Waals surface area contributed by atoms with Gasteiger partial charge >= 0.3 is 0 Å². The van der Waals surface area contributed by atoms with Gasteiger partial charge in [0.25, 0.3) is 5.91 Å². The number of hydrogen-bond acceptors (Lipinski definition) is 7. The number of carbonyl (C=O) groups is 2. The van der Waals surface area contributed by atoms with Gasteiger partial charge in [0.1, 0.15) is 5.75 Å². The molecular formula is C25H32N4O5. The van der Waals surface area contributed by atoms with E-state index in [0.29, 0.717) is 50.0 Å². The quantitative estimate of drug-likeness (QED) is 0.613. The van der Waals surface area contributed by atoms with Crippen molar-refractivity contribution in [3.63, 3.8) is 0 Å². The molecule has 0 bridgehead atoms. The number of rotatable bonds is 8. The van der Waals surface area contributed by atoms with Crippen LogP contribution in [0.1, 0.15) is 17.3 Å². The van der Waals surface area contributed by atoms with E-state index in [2.05, 4.69) is 26.5 Å². The Bertz CT molecular complexity index is 987. The second-order valence-corrected chi connectivity index (χ2v) is 8.06. The molecule has 2 aromatic rings. The molecule has 0 spiro atoms. The highest BCUT2D eigenvalue weighted by Crippen LogP contribution is 2.32. The van der Waals surface area contributed by atoms with Crippen LogP contribution in [-0.2, 0) is 14.3 Å². The lowest BCUT2D eigenvalue weighted by Gasteiger charge is -2.33. The molecule has 182 valence electrons. The largest absolute Gasteiger partial charge is 0.493 e. The van der Waals surface area contributed by atoms with Crippen LogP contribution in [0.4, 0.5) is 17.1 Å². The highest BCUT2D eigenvalue weighted by molar-refractivity contribution is 6.02. The summed E-state index contributed by atoms with van der Waals surface area (Å²) in [5, 5.41) is 5.67. The predicted octanol–water partition coefficient (Wildman–Crippen LogP) is 2.13. The van der Waals surface area contributed by atoms with E-state index in [4.69, 9.17) is 14.2 Å². The van der Waals surface area contributed by atoms with E-state index in [1.807, 2.05) is 25.1 Å². The van der Waals surface area contributed by atoms with E-state index in [0.717, 1.165) is 37.6 Å². The Hall–Kier alpha value is -3.30. The summed E-state index contributed by atoms with van der Waals surface area (Å²) in [4.78, 5) is 29.9. The van der Waals surface area contributed by atoms with Gasteiger partial charge in [-0.1, -0.05) is 12.1 Å². The Morgan fingerprint density at radius 3 is 2.32 bits per heavy atom. The van der Waals surface area contributed by atoms with Crippen molar-refractivity contribution in [2.45, 2.75) is 6.92 Å². The molecular weight excluding hydrogens is 436 g/mol. The molecule has 2 aliphatic rings. The number of benzene rings is 2. The van der Waals surface area contributed by atoms with Crippen molar-refractivity contribution in [3.05, 3.63) is 48.0 Å². The number of ether oxygens (including phenoxy) is 3. The molecule has 34 heavy (non-hydrogen) atoms. The zero-order chi connectivity index (χ0) is 23.8. The van der Waals surface area contributed by atoms with Crippen LogP contribution < -0.4 is 25.2 Å². The first-order chi connectivity index (χ1) is 16.7. The van der Waals surface area contributed by atoms with Crippen LogP contribution in [0.15, 0.2) is 42.5 Å². The van der Waals surface area contributed by atoms with Gasteiger partial charge in [-0.25, -0.2) is 0 Å². The van der Waals surface area contributed by atoms with Gasteiger partial charge in [0.05, 0.1) is 56.5 Å². The fraction of sp³-hybridized carbons (Fsp3) is 0.440. The molecule has 2 saturated heterocycles. The molecule has 2 aromatic carbocycles. The van der Waals surface area contributed by atoms with E-state index in [9.17, 15) is 9.59 Å². The Morgan fingerprint density at radius 2 is 1.62 bits per heavy atom. The highest BCUT2D eigenvalue weighted by atomic mass is 16.5. The molecule has 2 aliphatic heterocycles.